The van der Waals surface area contributed by atoms with Crippen LogP contribution in [0.5, 0.6) is 0 Å². The number of hydrogen-bond donors (Lipinski definition) is 2. The molecule has 1 fully saturated rings. The van der Waals surface area contributed by atoms with Crippen LogP contribution in [0.15, 0.2) is 0 Å². The van der Waals surface area contributed by atoms with Crippen molar-refractivity contribution in [3.8, 4) is 0 Å². The van der Waals surface area contributed by atoms with Crippen LogP contribution < -0.4 is 11.1 Å². The van der Waals surface area contributed by atoms with E-state index in [0.29, 0.717) is 0 Å². The molecule has 2 atom stereocenters. The number of rotatable bonds is 5. The molecule has 2 unspecified atom stereocenters. The number of amides is 1. The number of aryl methyl sites for hydroxylation is 3. The maximum absolute atomic E-state index is 11.9. The van der Waals surface area contributed by atoms with Crippen molar-refractivity contribution >= 4 is 17.2 Å². The SMILES string of the molecule is Cc1nc(CCCNC(=O)C2CCC(N)C2)sc1C. The van der Waals surface area contributed by atoms with Gasteiger partial charge in [-0.3, -0.25) is 4.79 Å². The summed E-state index contributed by atoms with van der Waals surface area (Å²) in [7, 11) is 0. The molecule has 0 spiro atoms. The Hall–Kier alpha value is -0.940. The molecule has 106 valence electrons. The second-order valence-corrected chi connectivity index (χ2v) is 6.70. The van der Waals surface area contributed by atoms with Crippen molar-refractivity contribution in [2.75, 3.05) is 6.54 Å². The quantitative estimate of drug-likeness (QED) is 0.810. The molecule has 0 bridgehead atoms. The molecule has 0 saturated heterocycles. The van der Waals surface area contributed by atoms with E-state index in [9.17, 15) is 4.79 Å². The third-order valence-electron chi connectivity index (χ3n) is 3.78. The Bertz CT molecular complexity index is 424. The van der Waals surface area contributed by atoms with Crippen LogP contribution in [0.25, 0.3) is 0 Å². The lowest BCUT2D eigenvalue weighted by Crippen LogP contribution is -2.31. The highest BCUT2D eigenvalue weighted by atomic mass is 32.1. The average Bonchev–Trinajstić information content (AvgIpc) is 2.92. The number of nitrogens with zero attached hydrogens (tertiary/aromatic N) is 1. The highest BCUT2D eigenvalue weighted by Gasteiger charge is 2.27. The Morgan fingerprint density at radius 3 is 2.84 bits per heavy atom. The van der Waals surface area contributed by atoms with Crippen LogP contribution in [0.1, 0.15) is 41.3 Å². The molecular formula is C14H23N3OS. The molecule has 1 amide bonds. The van der Waals surface area contributed by atoms with E-state index in [1.54, 1.807) is 11.3 Å². The Labute approximate surface area is 118 Å². The second-order valence-electron chi connectivity index (χ2n) is 5.41. The number of aromatic nitrogens is 1. The maximum Gasteiger partial charge on any atom is 0.223 e. The summed E-state index contributed by atoms with van der Waals surface area (Å²) in [5.41, 5.74) is 6.95. The molecule has 19 heavy (non-hydrogen) atoms. The molecule has 3 N–H and O–H groups in total. The van der Waals surface area contributed by atoms with Gasteiger partial charge in [0.1, 0.15) is 0 Å². The first-order chi connectivity index (χ1) is 9.06. The van der Waals surface area contributed by atoms with Gasteiger partial charge in [-0.1, -0.05) is 0 Å². The van der Waals surface area contributed by atoms with Crippen LogP contribution >= 0.6 is 11.3 Å². The van der Waals surface area contributed by atoms with E-state index in [4.69, 9.17) is 5.73 Å². The van der Waals surface area contributed by atoms with Gasteiger partial charge in [0, 0.05) is 29.8 Å². The van der Waals surface area contributed by atoms with E-state index in [1.165, 1.54) is 9.88 Å². The van der Waals surface area contributed by atoms with Gasteiger partial charge >= 0.3 is 0 Å². The van der Waals surface area contributed by atoms with E-state index in [2.05, 4.69) is 17.2 Å². The summed E-state index contributed by atoms with van der Waals surface area (Å²) < 4.78 is 0. The maximum atomic E-state index is 11.9. The third kappa shape index (κ3) is 4.01. The summed E-state index contributed by atoms with van der Waals surface area (Å²) in [6.45, 7) is 4.88. The fourth-order valence-corrected chi connectivity index (χ4v) is 3.47. The van der Waals surface area contributed by atoms with Gasteiger partial charge in [0.05, 0.1) is 10.7 Å². The van der Waals surface area contributed by atoms with Crippen molar-refractivity contribution in [3.05, 3.63) is 15.6 Å². The Balaban J connectivity index is 1.65. The number of nitrogens with one attached hydrogen (secondary N) is 1. The molecule has 1 heterocycles. The average molecular weight is 281 g/mol. The van der Waals surface area contributed by atoms with E-state index >= 15 is 0 Å². The van der Waals surface area contributed by atoms with Gasteiger partial charge in [-0.05, 0) is 39.5 Å². The molecule has 4 nitrogen and oxygen atoms in total. The van der Waals surface area contributed by atoms with Gasteiger partial charge in [0.2, 0.25) is 5.91 Å². The predicted molar refractivity (Wildman–Crippen MR) is 78.2 cm³/mol. The lowest BCUT2D eigenvalue weighted by Gasteiger charge is -2.10. The van der Waals surface area contributed by atoms with Gasteiger partial charge < -0.3 is 11.1 Å². The molecular weight excluding hydrogens is 258 g/mol. The summed E-state index contributed by atoms with van der Waals surface area (Å²) in [5, 5.41) is 4.19. The highest BCUT2D eigenvalue weighted by molar-refractivity contribution is 7.11. The van der Waals surface area contributed by atoms with Crippen LogP contribution in [-0.4, -0.2) is 23.5 Å². The first-order valence-electron chi connectivity index (χ1n) is 7.02. The van der Waals surface area contributed by atoms with E-state index in [0.717, 1.165) is 44.3 Å². The lowest BCUT2D eigenvalue weighted by molar-refractivity contribution is -0.124. The van der Waals surface area contributed by atoms with Gasteiger partial charge in [-0.25, -0.2) is 4.98 Å². The van der Waals surface area contributed by atoms with Crippen molar-refractivity contribution in [1.82, 2.24) is 10.3 Å². The summed E-state index contributed by atoms with van der Waals surface area (Å²) >= 11 is 1.76. The lowest BCUT2D eigenvalue weighted by atomic mass is 10.1. The van der Waals surface area contributed by atoms with E-state index in [1.807, 2.05) is 6.92 Å². The predicted octanol–water partition coefficient (Wildman–Crippen LogP) is 1.94. The van der Waals surface area contributed by atoms with Gasteiger partial charge in [0.15, 0.2) is 0 Å². The zero-order valence-corrected chi connectivity index (χ0v) is 12.6. The fraction of sp³-hybridized carbons (Fsp3) is 0.714. The van der Waals surface area contributed by atoms with Crippen molar-refractivity contribution in [2.24, 2.45) is 11.7 Å². The minimum atomic E-state index is 0.138. The Morgan fingerprint density at radius 2 is 2.26 bits per heavy atom. The van der Waals surface area contributed by atoms with E-state index < -0.39 is 0 Å². The highest BCUT2D eigenvalue weighted by Crippen LogP contribution is 2.24. The molecule has 1 aromatic heterocycles. The molecule has 2 rings (SSSR count). The van der Waals surface area contributed by atoms with Crippen molar-refractivity contribution in [3.63, 3.8) is 0 Å². The fourth-order valence-electron chi connectivity index (χ4n) is 2.50. The Kier molecular flexibility index (Phi) is 4.93. The number of nitrogens with two attached hydrogens (primary N) is 1. The summed E-state index contributed by atoms with van der Waals surface area (Å²) in [4.78, 5) is 17.7. The molecule has 0 radical (unpaired) electrons. The second kappa shape index (κ2) is 6.48. The van der Waals surface area contributed by atoms with Gasteiger partial charge in [0.25, 0.3) is 0 Å². The zero-order valence-electron chi connectivity index (χ0n) is 11.7. The monoisotopic (exact) mass is 281 g/mol. The first-order valence-corrected chi connectivity index (χ1v) is 7.84. The molecule has 5 heteroatoms. The van der Waals surface area contributed by atoms with Gasteiger partial charge in [-0.15, -0.1) is 11.3 Å². The molecule has 1 aliphatic carbocycles. The normalized spacial score (nSPS) is 22.7. The van der Waals surface area contributed by atoms with Crippen LogP contribution in [0.4, 0.5) is 0 Å². The van der Waals surface area contributed by atoms with Crippen LogP contribution in [0.2, 0.25) is 0 Å². The standard InChI is InChI=1S/C14H23N3OS/c1-9-10(2)19-13(17-9)4-3-7-16-14(18)11-5-6-12(15)8-11/h11-12H,3-8,15H2,1-2H3,(H,16,18). The van der Waals surface area contributed by atoms with Crippen LogP contribution in [0.3, 0.4) is 0 Å². The van der Waals surface area contributed by atoms with Crippen molar-refractivity contribution in [2.45, 2.75) is 52.0 Å². The minimum Gasteiger partial charge on any atom is -0.356 e. The van der Waals surface area contributed by atoms with Gasteiger partial charge in [-0.2, -0.15) is 0 Å². The molecule has 1 saturated carbocycles. The zero-order chi connectivity index (χ0) is 13.8. The summed E-state index contributed by atoms with van der Waals surface area (Å²) in [5.74, 6) is 0.318. The molecule has 0 aromatic carbocycles. The largest absolute Gasteiger partial charge is 0.356 e. The van der Waals surface area contributed by atoms with Crippen LogP contribution in [-0.2, 0) is 11.2 Å². The summed E-state index contributed by atoms with van der Waals surface area (Å²) in [6, 6.07) is 0.219. The van der Waals surface area contributed by atoms with Crippen molar-refractivity contribution < 1.29 is 4.79 Å². The van der Waals surface area contributed by atoms with E-state index in [-0.39, 0.29) is 17.9 Å². The molecule has 1 aromatic rings. The minimum absolute atomic E-state index is 0.138. The Morgan fingerprint density at radius 1 is 1.47 bits per heavy atom. The molecule has 1 aliphatic rings. The number of hydrogen-bond acceptors (Lipinski definition) is 4. The summed E-state index contributed by atoms with van der Waals surface area (Å²) in [6.07, 6.45) is 4.67. The number of carbonyl (C=O) groups is 1. The third-order valence-corrected chi connectivity index (χ3v) is 4.92. The molecule has 0 aliphatic heterocycles. The topological polar surface area (TPSA) is 68.0 Å². The number of thiazole rings is 1. The van der Waals surface area contributed by atoms with Crippen LogP contribution in [0, 0.1) is 19.8 Å². The van der Waals surface area contributed by atoms with Crippen molar-refractivity contribution in [1.29, 1.82) is 0 Å². The number of carbonyl (C=O) groups excluding carboxylic acids is 1. The smallest absolute Gasteiger partial charge is 0.223 e. The first kappa shape index (κ1) is 14.5.